The number of carbonyl (C=O) groups excluding carboxylic acids is 1. The fraction of sp³-hybridized carbons (Fsp3) is 0.0476. The summed E-state index contributed by atoms with van der Waals surface area (Å²) in [5, 5.41) is 11.5. The van der Waals surface area contributed by atoms with Gasteiger partial charge < -0.3 is 4.74 Å². The van der Waals surface area contributed by atoms with Crippen LogP contribution < -0.4 is 4.74 Å². The van der Waals surface area contributed by atoms with Gasteiger partial charge in [0.15, 0.2) is 0 Å². The Morgan fingerprint density at radius 2 is 1.79 bits per heavy atom. The van der Waals surface area contributed by atoms with Gasteiger partial charge in [0, 0.05) is 5.56 Å². The zero-order valence-corrected chi connectivity index (χ0v) is 13.2. The molecule has 3 nitrogen and oxygen atoms in total. The molecule has 3 aromatic rings. The highest BCUT2D eigenvalue weighted by molar-refractivity contribution is 6.15. The molecule has 0 saturated carbocycles. The van der Waals surface area contributed by atoms with Gasteiger partial charge >= 0.3 is 0 Å². The summed E-state index contributed by atoms with van der Waals surface area (Å²) in [6.45, 7) is 0. The van der Waals surface area contributed by atoms with Gasteiger partial charge in [0.05, 0.1) is 7.11 Å². The van der Waals surface area contributed by atoms with Crippen LogP contribution in [0.15, 0.2) is 72.3 Å². The molecule has 0 amide bonds. The SMILES string of the molecule is COc1cccc(C(=O)C(C#N)=Cc2cccc3ccccc23)c1. The molecule has 24 heavy (non-hydrogen) atoms. The number of ether oxygens (including phenoxy) is 1. The van der Waals surface area contributed by atoms with Crippen LogP contribution in [0.5, 0.6) is 5.75 Å². The maximum atomic E-state index is 12.6. The van der Waals surface area contributed by atoms with E-state index in [0.29, 0.717) is 11.3 Å². The largest absolute Gasteiger partial charge is 0.497 e. The third kappa shape index (κ3) is 3.04. The topological polar surface area (TPSA) is 50.1 Å². The smallest absolute Gasteiger partial charge is 0.203 e. The Kier molecular flexibility index (Phi) is 4.40. The van der Waals surface area contributed by atoms with Crippen LogP contribution in [0.3, 0.4) is 0 Å². The third-order valence-electron chi connectivity index (χ3n) is 3.82. The summed E-state index contributed by atoms with van der Waals surface area (Å²) in [6.07, 6.45) is 1.64. The predicted octanol–water partition coefficient (Wildman–Crippen LogP) is 4.64. The number of carbonyl (C=O) groups is 1. The minimum absolute atomic E-state index is 0.0969. The molecule has 3 heteroatoms. The van der Waals surface area contributed by atoms with Crippen LogP contribution in [0.25, 0.3) is 16.8 Å². The van der Waals surface area contributed by atoms with Gasteiger partial charge in [0.2, 0.25) is 5.78 Å². The van der Waals surface area contributed by atoms with Gasteiger partial charge in [-0.2, -0.15) is 5.26 Å². The van der Waals surface area contributed by atoms with Crippen molar-refractivity contribution in [1.82, 2.24) is 0 Å². The lowest BCUT2D eigenvalue weighted by Crippen LogP contribution is -2.02. The summed E-state index contributed by atoms with van der Waals surface area (Å²) in [6, 6.07) is 22.5. The molecule has 0 fully saturated rings. The van der Waals surface area contributed by atoms with E-state index in [1.807, 2.05) is 48.5 Å². The molecular weight excluding hydrogens is 298 g/mol. The number of fused-ring (bicyclic) bond motifs is 1. The Hall–Kier alpha value is -3.38. The Morgan fingerprint density at radius 3 is 2.58 bits per heavy atom. The van der Waals surface area contributed by atoms with Gasteiger partial charge in [-0.25, -0.2) is 0 Å². The zero-order chi connectivity index (χ0) is 16.9. The number of allylic oxidation sites excluding steroid dienone is 1. The molecule has 0 bridgehead atoms. The second-order valence-electron chi connectivity index (χ2n) is 5.30. The van der Waals surface area contributed by atoms with E-state index in [4.69, 9.17) is 4.74 Å². The molecule has 0 saturated heterocycles. The number of nitriles is 1. The first kappa shape index (κ1) is 15.5. The third-order valence-corrected chi connectivity index (χ3v) is 3.82. The Bertz CT molecular complexity index is 975. The normalized spacial score (nSPS) is 11.1. The second-order valence-corrected chi connectivity index (χ2v) is 5.30. The van der Waals surface area contributed by atoms with E-state index in [9.17, 15) is 10.1 Å². The predicted molar refractivity (Wildman–Crippen MR) is 94.9 cm³/mol. The maximum absolute atomic E-state index is 12.6. The number of ketones is 1. The number of Topliss-reactive ketones (excluding diaryl/α,β-unsaturated/α-hetero) is 1. The Balaban J connectivity index is 2.06. The van der Waals surface area contributed by atoms with Crippen LogP contribution >= 0.6 is 0 Å². The standard InChI is InChI=1S/C21H15NO2/c1-24-19-10-5-9-17(13-19)21(23)18(14-22)12-16-8-4-7-15-6-2-3-11-20(15)16/h2-13H,1H3. The number of hydrogen-bond donors (Lipinski definition) is 0. The highest BCUT2D eigenvalue weighted by Crippen LogP contribution is 2.22. The number of nitrogens with zero attached hydrogens (tertiary/aromatic N) is 1. The molecule has 116 valence electrons. The van der Waals surface area contributed by atoms with Gasteiger partial charge in [-0.05, 0) is 34.5 Å². The number of rotatable bonds is 4. The van der Waals surface area contributed by atoms with Crippen LogP contribution in [-0.2, 0) is 0 Å². The monoisotopic (exact) mass is 313 g/mol. The molecule has 0 aliphatic heterocycles. The lowest BCUT2D eigenvalue weighted by atomic mass is 9.98. The second kappa shape index (κ2) is 6.80. The van der Waals surface area contributed by atoms with Crippen LogP contribution in [0.4, 0.5) is 0 Å². The fourth-order valence-electron chi connectivity index (χ4n) is 2.60. The van der Waals surface area contributed by atoms with Crippen LogP contribution in [0.2, 0.25) is 0 Å². The molecule has 0 aromatic heterocycles. The number of hydrogen-bond acceptors (Lipinski definition) is 3. The van der Waals surface area contributed by atoms with Gasteiger partial charge in [-0.15, -0.1) is 0 Å². The summed E-state index contributed by atoms with van der Waals surface area (Å²) < 4.78 is 5.14. The van der Waals surface area contributed by atoms with Gasteiger partial charge in [-0.1, -0.05) is 54.6 Å². The summed E-state index contributed by atoms with van der Waals surface area (Å²) in [5.41, 5.74) is 1.38. The van der Waals surface area contributed by atoms with Crippen molar-refractivity contribution in [2.24, 2.45) is 0 Å². The summed E-state index contributed by atoms with van der Waals surface area (Å²) >= 11 is 0. The molecule has 0 atom stereocenters. The van der Waals surface area contributed by atoms with E-state index in [2.05, 4.69) is 0 Å². The van der Waals surface area contributed by atoms with Crippen molar-refractivity contribution in [3.63, 3.8) is 0 Å². The molecule has 0 unspecified atom stereocenters. The van der Waals surface area contributed by atoms with Crippen molar-refractivity contribution >= 4 is 22.6 Å². The molecule has 3 aromatic carbocycles. The lowest BCUT2D eigenvalue weighted by molar-refractivity contribution is 0.103. The molecule has 0 heterocycles. The first-order valence-corrected chi connectivity index (χ1v) is 7.51. The Labute approximate surface area is 140 Å². The van der Waals surface area contributed by atoms with Crippen molar-refractivity contribution < 1.29 is 9.53 Å². The van der Waals surface area contributed by atoms with E-state index in [1.165, 1.54) is 0 Å². The number of benzene rings is 3. The molecule has 3 rings (SSSR count). The Morgan fingerprint density at radius 1 is 1.04 bits per heavy atom. The quantitative estimate of drug-likeness (QED) is 0.400. The summed E-state index contributed by atoms with van der Waals surface area (Å²) in [5.74, 6) is 0.271. The highest BCUT2D eigenvalue weighted by Gasteiger charge is 2.13. The van der Waals surface area contributed by atoms with Crippen LogP contribution in [-0.4, -0.2) is 12.9 Å². The average molecular weight is 313 g/mol. The van der Waals surface area contributed by atoms with E-state index < -0.39 is 0 Å². The minimum atomic E-state index is -0.315. The molecular formula is C21H15NO2. The summed E-state index contributed by atoms with van der Waals surface area (Å²) in [7, 11) is 1.54. The molecule has 0 N–H and O–H groups in total. The first-order valence-electron chi connectivity index (χ1n) is 7.51. The van der Waals surface area contributed by atoms with Gasteiger partial charge in [0.25, 0.3) is 0 Å². The van der Waals surface area contributed by atoms with Crippen molar-refractivity contribution in [3.8, 4) is 11.8 Å². The minimum Gasteiger partial charge on any atom is -0.497 e. The molecule has 0 spiro atoms. The molecule has 0 radical (unpaired) electrons. The van der Waals surface area contributed by atoms with Crippen molar-refractivity contribution in [2.75, 3.05) is 7.11 Å². The molecule has 0 aliphatic carbocycles. The highest BCUT2D eigenvalue weighted by atomic mass is 16.5. The van der Waals surface area contributed by atoms with Crippen molar-refractivity contribution in [2.45, 2.75) is 0 Å². The maximum Gasteiger partial charge on any atom is 0.203 e. The first-order chi connectivity index (χ1) is 11.7. The van der Waals surface area contributed by atoms with E-state index in [1.54, 1.807) is 37.5 Å². The van der Waals surface area contributed by atoms with Crippen LogP contribution in [0.1, 0.15) is 15.9 Å². The lowest BCUT2D eigenvalue weighted by Gasteiger charge is -2.05. The van der Waals surface area contributed by atoms with Crippen molar-refractivity contribution in [3.05, 3.63) is 83.4 Å². The zero-order valence-electron chi connectivity index (χ0n) is 13.2. The van der Waals surface area contributed by atoms with E-state index in [-0.39, 0.29) is 11.4 Å². The van der Waals surface area contributed by atoms with E-state index >= 15 is 0 Å². The number of methoxy groups -OCH3 is 1. The summed E-state index contributed by atoms with van der Waals surface area (Å²) in [4.78, 5) is 12.6. The molecule has 0 aliphatic rings. The fourth-order valence-corrected chi connectivity index (χ4v) is 2.60. The van der Waals surface area contributed by atoms with Crippen LogP contribution in [0, 0.1) is 11.3 Å². The van der Waals surface area contributed by atoms with E-state index in [0.717, 1.165) is 16.3 Å². The van der Waals surface area contributed by atoms with Gasteiger partial charge in [0.1, 0.15) is 17.4 Å². The van der Waals surface area contributed by atoms with Crippen molar-refractivity contribution in [1.29, 1.82) is 5.26 Å². The van der Waals surface area contributed by atoms with Gasteiger partial charge in [-0.3, -0.25) is 4.79 Å². The average Bonchev–Trinajstić information content (AvgIpc) is 2.65.